The molecule has 2 aromatic heterocycles. The molecule has 0 radical (unpaired) electrons. The fraction of sp³-hybridized carbons (Fsp3) is 0.190. The summed E-state index contributed by atoms with van der Waals surface area (Å²) < 4.78 is 2.73. The summed E-state index contributed by atoms with van der Waals surface area (Å²) in [5, 5.41) is 19.1. The van der Waals surface area contributed by atoms with E-state index in [4.69, 9.17) is 0 Å². The number of aryl methyl sites for hydroxylation is 2. The minimum Gasteiger partial charge on any atom is -0.311 e. The number of amides is 1. The summed E-state index contributed by atoms with van der Waals surface area (Å²) in [5.41, 5.74) is 2.36. The SMILES string of the molecule is Cc1cc(NC(=O)CCCc2nc3ccccc3s2)n(-c2ccc([N+](=O)[O-])cc2)n1. The minimum absolute atomic E-state index is 0.00283. The van der Waals surface area contributed by atoms with E-state index in [9.17, 15) is 14.9 Å². The van der Waals surface area contributed by atoms with Gasteiger partial charge in [0, 0.05) is 24.6 Å². The Labute approximate surface area is 176 Å². The van der Waals surface area contributed by atoms with Gasteiger partial charge in [-0.25, -0.2) is 9.67 Å². The number of fused-ring (bicyclic) bond motifs is 1. The van der Waals surface area contributed by atoms with Gasteiger partial charge in [-0.15, -0.1) is 11.3 Å². The molecular weight excluding hydrogens is 402 g/mol. The quantitative estimate of drug-likeness (QED) is 0.345. The Bertz CT molecular complexity index is 1180. The van der Waals surface area contributed by atoms with Crippen molar-refractivity contribution in [2.75, 3.05) is 5.32 Å². The van der Waals surface area contributed by atoms with E-state index in [0.717, 1.165) is 27.3 Å². The van der Waals surface area contributed by atoms with Crippen LogP contribution in [0.15, 0.2) is 54.6 Å². The largest absolute Gasteiger partial charge is 0.311 e. The summed E-state index contributed by atoms with van der Waals surface area (Å²) in [6, 6.07) is 15.8. The number of hydrogen-bond acceptors (Lipinski definition) is 6. The number of carbonyl (C=O) groups excluding carboxylic acids is 1. The summed E-state index contributed by atoms with van der Waals surface area (Å²) in [4.78, 5) is 27.4. The predicted octanol–water partition coefficient (Wildman–Crippen LogP) is 4.66. The van der Waals surface area contributed by atoms with E-state index in [-0.39, 0.29) is 11.6 Å². The van der Waals surface area contributed by atoms with Crippen LogP contribution in [0.3, 0.4) is 0 Å². The normalized spacial score (nSPS) is 11.0. The number of para-hydroxylation sites is 1. The molecule has 9 heteroatoms. The zero-order valence-electron chi connectivity index (χ0n) is 16.2. The smallest absolute Gasteiger partial charge is 0.269 e. The highest BCUT2D eigenvalue weighted by molar-refractivity contribution is 7.18. The van der Waals surface area contributed by atoms with Gasteiger partial charge in [-0.2, -0.15) is 5.10 Å². The summed E-state index contributed by atoms with van der Waals surface area (Å²) in [6.07, 6.45) is 1.80. The zero-order valence-corrected chi connectivity index (χ0v) is 17.1. The van der Waals surface area contributed by atoms with Crippen LogP contribution in [0.4, 0.5) is 11.5 Å². The molecule has 2 aromatic carbocycles. The lowest BCUT2D eigenvalue weighted by Gasteiger charge is -2.08. The fourth-order valence-corrected chi connectivity index (χ4v) is 4.14. The van der Waals surface area contributed by atoms with Gasteiger partial charge in [0.05, 0.1) is 31.5 Å². The van der Waals surface area contributed by atoms with Crippen molar-refractivity contribution >= 4 is 39.0 Å². The van der Waals surface area contributed by atoms with Gasteiger partial charge >= 0.3 is 0 Å². The van der Waals surface area contributed by atoms with E-state index in [1.165, 1.54) is 12.1 Å². The van der Waals surface area contributed by atoms with Gasteiger partial charge < -0.3 is 5.32 Å². The Kier molecular flexibility index (Phi) is 5.53. The Morgan fingerprint density at radius 2 is 1.97 bits per heavy atom. The first-order chi connectivity index (χ1) is 14.5. The topological polar surface area (TPSA) is 103 Å². The van der Waals surface area contributed by atoms with E-state index in [0.29, 0.717) is 24.3 Å². The molecule has 1 amide bonds. The first-order valence-electron chi connectivity index (χ1n) is 9.45. The summed E-state index contributed by atoms with van der Waals surface area (Å²) in [6.45, 7) is 1.82. The highest BCUT2D eigenvalue weighted by Gasteiger charge is 2.13. The third-order valence-electron chi connectivity index (χ3n) is 4.54. The Morgan fingerprint density at radius 1 is 1.20 bits per heavy atom. The number of benzene rings is 2. The number of rotatable bonds is 7. The van der Waals surface area contributed by atoms with E-state index in [1.807, 2.05) is 31.2 Å². The van der Waals surface area contributed by atoms with E-state index in [2.05, 4.69) is 15.4 Å². The van der Waals surface area contributed by atoms with Gasteiger partial charge in [0.1, 0.15) is 5.82 Å². The van der Waals surface area contributed by atoms with Crippen molar-refractivity contribution in [2.45, 2.75) is 26.2 Å². The number of carbonyl (C=O) groups is 1. The van der Waals surface area contributed by atoms with E-state index in [1.54, 1.807) is 34.2 Å². The molecule has 30 heavy (non-hydrogen) atoms. The molecule has 0 spiro atoms. The van der Waals surface area contributed by atoms with Gasteiger partial charge in [0.2, 0.25) is 5.91 Å². The van der Waals surface area contributed by atoms with Crippen molar-refractivity contribution in [2.24, 2.45) is 0 Å². The average molecular weight is 421 g/mol. The van der Waals surface area contributed by atoms with Gasteiger partial charge in [0.15, 0.2) is 0 Å². The van der Waals surface area contributed by atoms with Crippen molar-refractivity contribution < 1.29 is 9.72 Å². The summed E-state index contributed by atoms with van der Waals surface area (Å²) in [7, 11) is 0. The third-order valence-corrected chi connectivity index (χ3v) is 5.63. The minimum atomic E-state index is -0.452. The number of nitrogens with zero attached hydrogens (tertiary/aromatic N) is 4. The lowest BCUT2D eigenvalue weighted by atomic mass is 10.2. The number of thiazole rings is 1. The molecule has 0 atom stereocenters. The van der Waals surface area contributed by atoms with Crippen molar-refractivity contribution in [3.8, 4) is 5.69 Å². The first kappa shape index (κ1) is 19.7. The number of anilines is 1. The molecule has 8 nitrogen and oxygen atoms in total. The van der Waals surface area contributed by atoms with Crippen LogP contribution >= 0.6 is 11.3 Å². The maximum atomic E-state index is 12.5. The van der Waals surface area contributed by atoms with E-state index < -0.39 is 4.92 Å². The Hall–Kier alpha value is -3.59. The second-order valence-electron chi connectivity index (χ2n) is 6.83. The lowest BCUT2D eigenvalue weighted by Crippen LogP contribution is -2.15. The number of nitrogens with one attached hydrogen (secondary N) is 1. The number of nitro benzene ring substituents is 1. The van der Waals surface area contributed by atoms with Crippen LogP contribution in [0.2, 0.25) is 0 Å². The Morgan fingerprint density at radius 3 is 2.70 bits per heavy atom. The molecule has 0 aliphatic heterocycles. The molecule has 0 saturated heterocycles. The highest BCUT2D eigenvalue weighted by atomic mass is 32.1. The number of aromatic nitrogens is 3. The molecule has 0 aliphatic carbocycles. The predicted molar refractivity (Wildman–Crippen MR) is 116 cm³/mol. The van der Waals surface area contributed by atoms with E-state index >= 15 is 0 Å². The monoisotopic (exact) mass is 421 g/mol. The molecule has 0 fully saturated rings. The average Bonchev–Trinajstić information content (AvgIpc) is 3.30. The molecule has 1 N–H and O–H groups in total. The molecule has 4 rings (SSSR count). The molecule has 4 aromatic rings. The number of hydrogen-bond donors (Lipinski definition) is 1. The second-order valence-corrected chi connectivity index (χ2v) is 7.95. The van der Waals surface area contributed by atoms with Crippen molar-refractivity contribution in [3.63, 3.8) is 0 Å². The van der Waals surface area contributed by atoms with Gasteiger partial charge in [-0.3, -0.25) is 14.9 Å². The van der Waals surface area contributed by atoms with Crippen LogP contribution in [-0.2, 0) is 11.2 Å². The van der Waals surface area contributed by atoms with Crippen LogP contribution in [-0.4, -0.2) is 25.6 Å². The highest BCUT2D eigenvalue weighted by Crippen LogP contribution is 2.23. The molecule has 0 bridgehead atoms. The Balaban J connectivity index is 1.39. The maximum Gasteiger partial charge on any atom is 0.269 e. The first-order valence-corrected chi connectivity index (χ1v) is 10.3. The summed E-state index contributed by atoms with van der Waals surface area (Å²) >= 11 is 1.65. The number of nitro groups is 1. The summed E-state index contributed by atoms with van der Waals surface area (Å²) in [5.74, 6) is 0.422. The molecule has 0 aliphatic rings. The van der Waals surface area contributed by atoms with Crippen LogP contribution in [0.5, 0.6) is 0 Å². The van der Waals surface area contributed by atoms with Crippen molar-refractivity contribution in [1.82, 2.24) is 14.8 Å². The molecule has 2 heterocycles. The maximum absolute atomic E-state index is 12.5. The van der Waals surface area contributed by atoms with Gasteiger partial charge in [-0.05, 0) is 44.0 Å². The van der Waals surface area contributed by atoms with Crippen molar-refractivity contribution in [3.05, 3.63) is 75.4 Å². The fourth-order valence-electron chi connectivity index (χ4n) is 3.13. The zero-order chi connectivity index (χ0) is 21.1. The second kappa shape index (κ2) is 8.42. The van der Waals surface area contributed by atoms with Crippen LogP contribution in [0.1, 0.15) is 23.5 Å². The van der Waals surface area contributed by atoms with Gasteiger partial charge in [-0.1, -0.05) is 12.1 Å². The number of non-ortho nitro benzene ring substituents is 1. The molecule has 152 valence electrons. The molecule has 0 unspecified atom stereocenters. The third kappa shape index (κ3) is 4.36. The van der Waals surface area contributed by atoms with Gasteiger partial charge in [0.25, 0.3) is 5.69 Å². The van der Waals surface area contributed by atoms with Crippen LogP contribution < -0.4 is 5.32 Å². The molecular formula is C21H19N5O3S. The lowest BCUT2D eigenvalue weighted by molar-refractivity contribution is -0.384. The van der Waals surface area contributed by atoms with Crippen LogP contribution in [0, 0.1) is 17.0 Å². The standard InChI is InChI=1S/C21H19N5O3S/c1-14-13-19(25(24-14)15-9-11-16(12-10-15)26(28)29)23-20(27)7-4-8-21-22-17-5-2-3-6-18(17)30-21/h2-3,5-6,9-13H,4,7-8H2,1H3,(H,23,27). The molecule has 0 saturated carbocycles. The van der Waals surface area contributed by atoms with Crippen molar-refractivity contribution in [1.29, 1.82) is 0 Å². The van der Waals surface area contributed by atoms with Crippen LogP contribution in [0.25, 0.3) is 15.9 Å².